The Hall–Kier alpha value is -0.290. The molecule has 0 bridgehead atoms. The molecular formula is C8H15F3N2. The van der Waals surface area contributed by atoms with Crippen LogP contribution in [0.25, 0.3) is 0 Å². The van der Waals surface area contributed by atoms with E-state index >= 15 is 0 Å². The van der Waals surface area contributed by atoms with Crippen LogP contribution in [-0.2, 0) is 0 Å². The van der Waals surface area contributed by atoms with Gasteiger partial charge in [-0.05, 0) is 31.7 Å². The van der Waals surface area contributed by atoms with Crippen LogP contribution in [0.3, 0.4) is 0 Å². The minimum Gasteiger partial charge on any atom is -0.328 e. The van der Waals surface area contributed by atoms with E-state index < -0.39 is 12.7 Å². The summed E-state index contributed by atoms with van der Waals surface area (Å²) in [4.78, 5) is 0. The van der Waals surface area contributed by atoms with Crippen LogP contribution >= 0.6 is 0 Å². The minimum absolute atomic E-state index is 0.192. The Morgan fingerprint density at radius 1 is 1.31 bits per heavy atom. The predicted molar refractivity (Wildman–Crippen MR) is 44.2 cm³/mol. The van der Waals surface area contributed by atoms with E-state index in [4.69, 9.17) is 5.73 Å². The molecule has 0 aromatic heterocycles. The third-order valence-corrected chi connectivity index (χ3v) is 2.34. The van der Waals surface area contributed by atoms with Crippen molar-refractivity contribution < 1.29 is 13.2 Å². The van der Waals surface area contributed by atoms with E-state index in [2.05, 4.69) is 5.32 Å². The minimum atomic E-state index is -4.10. The monoisotopic (exact) mass is 196 g/mol. The zero-order chi connectivity index (χ0) is 9.90. The Morgan fingerprint density at radius 3 is 2.46 bits per heavy atom. The van der Waals surface area contributed by atoms with E-state index in [0.717, 1.165) is 19.3 Å². The molecular weight excluding hydrogens is 181 g/mol. The molecule has 2 unspecified atom stereocenters. The Balaban J connectivity index is 2.07. The Kier molecular flexibility index (Phi) is 3.55. The molecule has 5 heteroatoms. The smallest absolute Gasteiger partial charge is 0.328 e. The molecule has 0 saturated heterocycles. The molecule has 13 heavy (non-hydrogen) atoms. The van der Waals surface area contributed by atoms with Gasteiger partial charge >= 0.3 is 6.18 Å². The summed E-state index contributed by atoms with van der Waals surface area (Å²) in [7, 11) is 0. The average Bonchev–Trinajstić information content (AvgIpc) is 2.33. The molecule has 2 nitrogen and oxygen atoms in total. The Labute approximate surface area is 75.7 Å². The van der Waals surface area contributed by atoms with Crippen molar-refractivity contribution >= 4 is 0 Å². The van der Waals surface area contributed by atoms with Crippen molar-refractivity contribution in [3.05, 3.63) is 0 Å². The first-order valence-electron chi connectivity index (χ1n) is 4.50. The number of nitrogens with two attached hydrogens (primary N) is 1. The fourth-order valence-corrected chi connectivity index (χ4v) is 1.72. The Bertz CT molecular complexity index is 158. The van der Waals surface area contributed by atoms with Gasteiger partial charge in [0, 0.05) is 6.04 Å². The van der Waals surface area contributed by atoms with Gasteiger partial charge in [0.2, 0.25) is 0 Å². The van der Waals surface area contributed by atoms with Crippen molar-refractivity contribution in [2.75, 3.05) is 13.1 Å². The molecule has 78 valence electrons. The van der Waals surface area contributed by atoms with Gasteiger partial charge in [-0.3, -0.25) is 0 Å². The largest absolute Gasteiger partial charge is 0.401 e. The highest BCUT2D eigenvalue weighted by molar-refractivity contribution is 4.79. The van der Waals surface area contributed by atoms with Crippen LogP contribution in [0.15, 0.2) is 0 Å². The SMILES string of the molecule is NC1CCC(CNCC(F)(F)F)C1. The maximum atomic E-state index is 11.7. The van der Waals surface area contributed by atoms with Crippen LogP contribution in [0, 0.1) is 5.92 Å². The van der Waals surface area contributed by atoms with Crippen molar-refractivity contribution in [2.24, 2.45) is 11.7 Å². The van der Waals surface area contributed by atoms with Gasteiger partial charge < -0.3 is 11.1 Å². The second-order valence-corrected chi connectivity index (χ2v) is 3.69. The quantitative estimate of drug-likeness (QED) is 0.713. The highest BCUT2D eigenvalue weighted by Gasteiger charge is 2.28. The van der Waals surface area contributed by atoms with E-state index in [1.54, 1.807) is 0 Å². The van der Waals surface area contributed by atoms with E-state index in [9.17, 15) is 13.2 Å². The van der Waals surface area contributed by atoms with Crippen molar-refractivity contribution in [3.63, 3.8) is 0 Å². The third-order valence-electron chi connectivity index (χ3n) is 2.34. The molecule has 0 aliphatic heterocycles. The standard InChI is InChI=1S/C8H15F3N2/c9-8(10,11)5-13-4-6-1-2-7(12)3-6/h6-7,13H,1-5,12H2. The molecule has 1 rings (SSSR count). The second kappa shape index (κ2) is 4.28. The topological polar surface area (TPSA) is 38.0 Å². The zero-order valence-electron chi connectivity index (χ0n) is 7.40. The molecule has 0 aromatic carbocycles. The van der Waals surface area contributed by atoms with Crippen LogP contribution in [0.4, 0.5) is 13.2 Å². The lowest BCUT2D eigenvalue weighted by Crippen LogP contribution is -2.32. The molecule has 0 amide bonds. The molecule has 2 atom stereocenters. The number of alkyl halides is 3. The lowest BCUT2D eigenvalue weighted by molar-refractivity contribution is -0.125. The zero-order valence-corrected chi connectivity index (χ0v) is 7.40. The number of nitrogens with one attached hydrogen (secondary N) is 1. The summed E-state index contributed by atoms with van der Waals surface area (Å²) in [5.74, 6) is 0.331. The van der Waals surface area contributed by atoms with Gasteiger partial charge in [0.15, 0.2) is 0 Å². The van der Waals surface area contributed by atoms with Gasteiger partial charge in [-0.1, -0.05) is 0 Å². The maximum Gasteiger partial charge on any atom is 0.401 e. The molecule has 0 aromatic rings. The first-order valence-corrected chi connectivity index (χ1v) is 4.50. The van der Waals surface area contributed by atoms with Crippen LogP contribution in [0.5, 0.6) is 0 Å². The molecule has 1 aliphatic rings. The van der Waals surface area contributed by atoms with Crippen LogP contribution in [-0.4, -0.2) is 25.3 Å². The first kappa shape index (κ1) is 10.8. The highest BCUT2D eigenvalue weighted by atomic mass is 19.4. The molecule has 0 heterocycles. The molecule has 1 fully saturated rings. The fraction of sp³-hybridized carbons (Fsp3) is 1.00. The van der Waals surface area contributed by atoms with Crippen LogP contribution in [0.1, 0.15) is 19.3 Å². The van der Waals surface area contributed by atoms with Gasteiger partial charge in [-0.15, -0.1) is 0 Å². The predicted octanol–water partition coefficient (Wildman–Crippen LogP) is 1.27. The molecule has 3 N–H and O–H groups in total. The maximum absolute atomic E-state index is 11.7. The summed E-state index contributed by atoms with van der Waals surface area (Å²) in [6, 6.07) is 0.192. The summed E-state index contributed by atoms with van der Waals surface area (Å²) in [6.07, 6.45) is -1.35. The number of halogens is 3. The second-order valence-electron chi connectivity index (χ2n) is 3.69. The van der Waals surface area contributed by atoms with Crippen molar-refractivity contribution in [1.29, 1.82) is 0 Å². The van der Waals surface area contributed by atoms with Crippen molar-refractivity contribution in [3.8, 4) is 0 Å². The van der Waals surface area contributed by atoms with Crippen LogP contribution in [0.2, 0.25) is 0 Å². The molecule has 1 saturated carbocycles. The number of hydrogen-bond acceptors (Lipinski definition) is 2. The van der Waals surface area contributed by atoms with Crippen LogP contribution < -0.4 is 11.1 Å². The summed E-state index contributed by atoms with van der Waals surface area (Å²) in [5.41, 5.74) is 5.63. The molecule has 0 spiro atoms. The third kappa shape index (κ3) is 4.47. The van der Waals surface area contributed by atoms with Gasteiger partial charge in [0.25, 0.3) is 0 Å². The Morgan fingerprint density at radius 2 is 2.00 bits per heavy atom. The van der Waals surface area contributed by atoms with Gasteiger partial charge in [-0.2, -0.15) is 13.2 Å². The highest BCUT2D eigenvalue weighted by Crippen LogP contribution is 2.23. The van der Waals surface area contributed by atoms with Crippen molar-refractivity contribution in [1.82, 2.24) is 5.32 Å². The van der Waals surface area contributed by atoms with Crippen molar-refractivity contribution in [2.45, 2.75) is 31.5 Å². The van der Waals surface area contributed by atoms with E-state index in [0.29, 0.717) is 12.5 Å². The summed E-state index contributed by atoms with van der Waals surface area (Å²) in [6.45, 7) is -0.452. The van der Waals surface area contributed by atoms with Gasteiger partial charge in [0.05, 0.1) is 6.54 Å². The number of hydrogen-bond donors (Lipinski definition) is 2. The molecule has 0 radical (unpaired) electrons. The summed E-state index contributed by atoms with van der Waals surface area (Å²) < 4.78 is 35.2. The van der Waals surface area contributed by atoms with E-state index in [1.165, 1.54) is 0 Å². The summed E-state index contributed by atoms with van der Waals surface area (Å²) in [5, 5.41) is 2.41. The number of rotatable bonds is 3. The van der Waals surface area contributed by atoms with E-state index in [-0.39, 0.29) is 6.04 Å². The van der Waals surface area contributed by atoms with Gasteiger partial charge in [-0.25, -0.2) is 0 Å². The normalized spacial score (nSPS) is 29.5. The average molecular weight is 196 g/mol. The van der Waals surface area contributed by atoms with E-state index in [1.807, 2.05) is 0 Å². The fourth-order valence-electron chi connectivity index (χ4n) is 1.72. The first-order chi connectivity index (χ1) is 5.97. The van der Waals surface area contributed by atoms with Gasteiger partial charge in [0.1, 0.15) is 0 Å². The lowest BCUT2D eigenvalue weighted by atomic mass is 10.1. The molecule has 1 aliphatic carbocycles. The summed E-state index contributed by atoms with van der Waals surface area (Å²) >= 11 is 0. The lowest BCUT2D eigenvalue weighted by Gasteiger charge is -2.12.